The van der Waals surface area contributed by atoms with Crippen LogP contribution in [0.3, 0.4) is 0 Å². The van der Waals surface area contributed by atoms with E-state index in [1.807, 2.05) is 0 Å². The Balaban J connectivity index is 1.76. The summed E-state index contributed by atoms with van der Waals surface area (Å²) in [4.78, 5) is 0. The summed E-state index contributed by atoms with van der Waals surface area (Å²) < 4.78 is 48.7. The third-order valence-corrected chi connectivity index (χ3v) is 5.44. The van der Waals surface area contributed by atoms with Gasteiger partial charge in [0.05, 0.1) is 12.0 Å². The van der Waals surface area contributed by atoms with Crippen molar-refractivity contribution < 1.29 is 17.9 Å². The van der Waals surface area contributed by atoms with E-state index >= 15 is 0 Å². The molecule has 4 heteroatoms. The van der Waals surface area contributed by atoms with Crippen molar-refractivity contribution in [1.29, 1.82) is 0 Å². The second kappa shape index (κ2) is 4.94. The van der Waals surface area contributed by atoms with Gasteiger partial charge in [0.25, 0.3) is 5.92 Å². The zero-order valence-corrected chi connectivity index (χ0v) is 11.5. The molecule has 3 aliphatic rings. The number of fused-ring (bicyclic) bond motifs is 1. The van der Waals surface area contributed by atoms with Gasteiger partial charge in [-0.2, -0.15) is 0 Å². The van der Waals surface area contributed by atoms with Crippen molar-refractivity contribution in [3.63, 3.8) is 0 Å². The lowest BCUT2D eigenvalue weighted by Crippen LogP contribution is -2.44. The van der Waals surface area contributed by atoms with Gasteiger partial charge in [0.2, 0.25) is 0 Å². The highest BCUT2D eigenvalue weighted by molar-refractivity contribution is 5.04. The van der Waals surface area contributed by atoms with Crippen LogP contribution in [0.4, 0.5) is 13.2 Å². The molecule has 6 atom stereocenters. The van der Waals surface area contributed by atoms with Gasteiger partial charge in [0.1, 0.15) is 6.17 Å². The lowest BCUT2D eigenvalue weighted by atomic mass is 9.79. The number of halogens is 3. The zero-order chi connectivity index (χ0) is 13.6. The average molecular weight is 276 g/mol. The number of hydrogen-bond donors (Lipinski definition) is 0. The number of hydrogen-bond acceptors (Lipinski definition) is 1. The van der Waals surface area contributed by atoms with Crippen LogP contribution in [0.2, 0.25) is 0 Å². The first-order valence-corrected chi connectivity index (χ1v) is 7.63. The van der Waals surface area contributed by atoms with Gasteiger partial charge in [-0.3, -0.25) is 0 Å². The maximum absolute atomic E-state index is 14.6. The highest BCUT2D eigenvalue weighted by Crippen LogP contribution is 2.57. The number of ether oxygens (including phenoxy) is 1. The quantitative estimate of drug-likeness (QED) is 0.697. The van der Waals surface area contributed by atoms with Crippen LogP contribution in [0.1, 0.15) is 45.4 Å². The van der Waals surface area contributed by atoms with E-state index in [2.05, 4.69) is 6.92 Å². The minimum atomic E-state index is -2.88. The molecule has 2 aliphatic carbocycles. The summed E-state index contributed by atoms with van der Waals surface area (Å²) in [6.07, 6.45) is 2.27. The monoisotopic (exact) mass is 276 g/mol. The Morgan fingerprint density at radius 2 is 1.89 bits per heavy atom. The second-order valence-corrected chi connectivity index (χ2v) is 6.80. The number of rotatable bonds is 1. The molecule has 1 nitrogen and oxygen atoms in total. The SMILES string of the molecule is CC1CCC(C2CC3CCCC(F)C3C2(F)F)OC1. The Morgan fingerprint density at radius 3 is 2.53 bits per heavy atom. The van der Waals surface area contributed by atoms with E-state index in [1.54, 1.807) is 0 Å². The third-order valence-electron chi connectivity index (χ3n) is 5.44. The molecule has 1 heterocycles. The molecule has 1 saturated heterocycles. The van der Waals surface area contributed by atoms with Gasteiger partial charge in [-0.25, -0.2) is 13.2 Å². The van der Waals surface area contributed by atoms with Crippen LogP contribution in [-0.4, -0.2) is 24.8 Å². The minimum Gasteiger partial charge on any atom is -0.377 e. The molecule has 0 spiro atoms. The van der Waals surface area contributed by atoms with Crippen LogP contribution in [0, 0.1) is 23.7 Å². The lowest BCUT2D eigenvalue weighted by molar-refractivity contribution is -0.158. The smallest absolute Gasteiger partial charge is 0.259 e. The molecule has 0 radical (unpaired) electrons. The van der Waals surface area contributed by atoms with Gasteiger partial charge in [0.15, 0.2) is 0 Å². The Morgan fingerprint density at radius 1 is 1.11 bits per heavy atom. The Kier molecular flexibility index (Phi) is 3.57. The summed E-state index contributed by atoms with van der Waals surface area (Å²) in [5, 5.41) is 0. The van der Waals surface area contributed by atoms with Gasteiger partial charge >= 0.3 is 0 Å². The maximum atomic E-state index is 14.6. The zero-order valence-electron chi connectivity index (χ0n) is 11.5. The molecule has 3 fully saturated rings. The van der Waals surface area contributed by atoms with E-state index in [9.17, 15) is 13.2 Å². The molecule has 110 valence electrons. The average Bonchev–Trinajstić information content (AvgIpc) is 2.63. The van der Waals surface area contributed by atoms with E-state index in [1.165, 1.54) is 0 Å². The molecular formula is C15H23F3O. The molecule has 6 unspecified atom stereocenters. The number of alkyl halides is 3. The summed E-state index contributed by atoms with van der Waals surface area (Å²) in [6.45, 7) is 2.66. The van der Waals surface area contributed by atoms with Crippen molar-refractivity contribution in [1.82, 2.24) is 0 Å². The molecule has 1 aliphatic heterocycles. The van der Waals surface area contributed by atoms with Crippen LogP contribution in [0.5, 0.6) is 0 Å². The molecule has 2 saturated carbocycles. The van der Waals surface area contributed by atoms with Gasteiger partial charge in [0, 0.05) is 12.5 Å². The highest BCUT2D eigenvalue weighted by atomic mass is 19.3. The summed E-state index contributed by atoms with van der Waals surface area (Å²) in [5.74, 6) is -4.36. The summed E-state index contributed by atoms with van der Waals surface area (Å²) in [6, 6.07) is 0. The van der Waals surface area contributed by atoms with Crippen LogP contribution in [0.25, 0.3) is 0 Å². The first-order valence-electron chi connectivity index (χ1n) is 7.63. The fourth-order valence-corrected chi connectivity index (χ4v) is 4.40. The van der Waals surface area contributed by atoms with E-state index in [-0.39, 0.29) is 12.0 Å². The third kappa shape index (κ3) is 2.30. The summed E-state index contributed by atoms with van der Waals surface area (Å²) in [7, 11) is 0. The topological polar surface area (TPSA) is 9.23 Å². The van der Waals surface area contributed by atoms with Gasteiger partial charge in [-0.05, 0) is 43.9 Å². The normalized spacial score (nSPS) is 49.9. The predicted octanol–water partition coefficient (Wildman–Crippen LogP) is 4.21. The molecule has 0 amide bonds. The first kappa shape index (κ1) is 13.7. The standard InChI is InChI=1S/C15H23F3O/c1-9-5-6-13(19-8-9)11-7-10-3-2-4-12(16)14(10)15(11,17)18/h9-14H,2-8H2,1H3. The predicted molar refractivity (Wildman–Crippen MR) is 66.9 cm³/mol. The molecule has 0 aromatic heterocycles. The molecule has 0 bridgehead atoms. The molecule has 3 rings (SSSR count). The van der Waals surface area contributed by atoms with Gasteiger partial charge in [-0.1, -0.05) is 13.3 Å². The highest BCUT2D eigenvalue weighted by Gasteiger charge is 2.62. The van der Waals surface area contributed by atoms with Crippen LogP contribution in [0.15, 0.2) is 0 Å². The van der Waals surface area contributed by atoms with Crippen LogP contribution in [-0.2, 0) is 4.74 Å². The van der Waals surface area contributed by atoms with Crippen molar-refractivity contribution >= 4 is 0 Å². The summed E-state index contributed by atoms with van der Waals surface area (Å²) >= 11 is 0. The molecule has 0 aromatic rings. The largest absolute Gasteiger partial charge is 0.377 e. The Hall–Kier alpha value is -0.250. The lowest BCUT2D eigenvalue weighted by Gasteiger charge is -2.36. The van der Waals surface area contributed by atoms with Gasteiger partial charge < -0.3 is 4.74 Å². The summed E-state index contributed by atoms with van der Waals surface area (Å²) in [5.41, 5.74) is 0. The Labute approximate surface area is 112 Å². The molecule has 0 N–H and O–H groups in total. The van der Waals surface area contributed by atoms with E-state index in [0.717, 1.165) is 19.3 Å². The van der Waals surface area contributed by atoms with Crippen molar-refractivity contribution in [3.05, 3.63) is 0 Å². The fourth-order valence-electron chi connectivity index (χ4n) is 4.40. The molecular weight excluding hydrogens is 253 g/mol. The molecule has 0 aromatic carbocycles. The Bertz CT molecular complexity index is 325. The van der Waals surface area contributed by atoms with Crippen LogP contribution < -0.4 is 0 Å². The van der Waals surface area contributed by atoms with Crippen molar-refractivity contribution in [2.24, 2.45) is 23.7 Å². The van der Waals surface area contributed by atoms with Crippen molar-refractivity contribution in [2.75, 3.05) is 6.61 Å². The van der Waals surface area contributed by atoms with Gasteiger partial charge in [-0.15, -0.1) is 0 Å². The minimum absolute atomic E-state index is 0.133. The van der Waals surface area contributed by atoms with Crippen molar-refractivity contribution in [3.8, 4) is 0 Å². The van der Waals surface area contributed by atoms with E-state index in [0.29, 0.717) is 31.8 Å². The molecule has 19 heavy (non-hydrogen) atoms. The van der Waals surface area contributed by atoms with Crippen LogP contribution >= 0.6 is 0 Å². The second-order valence-electron chi connectivity index (χ2n) is 6.80. The van der Waals surface area contributed by atoms with Crippen molar-refractivity contribution in [2.45, 2.75) is 63.6 Å². The fraction of sp³-hybridized carbons (Fsp3) is 1.00. The maximum Gasteiger partial charge on any atom is 0.259 e. The first-order chi connectivity index (χ1) is 9.00. The van der Waals surface area contributed by atoms with E-state index in [4.69, 9.17) is 4.74 Å². The van der Waals surface area contributed by atoms with E-state index < -0.39 is 23.9 Å².